The van der Waals surface area contributed by atoms with E-state index in [1.807, 2.05) is 4.68 Å². The molecule has 0 aliphatic carbocycles. The molecule has 5 nitrogen and oxygen atoms in total. The van der Waals surface area contributed by atoms with Crippen LogP contribution in [0.5, 0.6) is 0 Å². The van der Waals surface area contributed by atoms with Gasteiger partial charge in [0, 0.05) is 13.1 Å². The van der Waals surface area contributed by atoms with E-state index in [0.29, 0.717) is 12.5 Å². The van der Waals surface area contributed by atoms with E-state index in [-0.39, 0.29) is 0 Å². The second kappa shape index (κ2) is 5.96. The molecule has 1 aromatic heterocycles. The van der Waals surface area contributed by atoms with Gasteiger partial charge in [-0.2, -0.15) is 5.10 Å². The number of aromatic nitrogens is 3. The number of nitrogens with one attached hydrogen (secondary N) is 1. The van der Waals surface area contributed by atoms with Gasteiger partial charge in [0.2, 0.25) is 0 Å². The molecule has 1 fully saturated rings. The van der Waals surface area contributed by atoms with Gasteiger partial charge in [-0.1, -0.05) is 6.92 Å². The summed E-state index contributed by atoms with van der Waals surface area (Å²) in [6.07, 6.45) is 3.90. The molecule has 1 N–H and O–H groups in total. The smallest absolute Gasteiger partial charge is 0.152 e. The minimum absolute atomic E-state index is 0.580. The largest absolute Gasteiger partial charge is 0.373 e. The standard InChI is InChI=1S/C11H20N4O/c1-2-5-15-11(13-9-14-15)8-16-7-10-3-4-12-6-10/h9-10,12H,2-8H2,1H3. The summed E-state index contributed by atoms with van der Waals surface area (Å²) in [5, 5.41) is 7.50. The van der Waals surface area contributed by atoms with Gasteiger partial charge in [0.25, 0.3) is 0 Å². The predicted octanol–water partition coefficient (Wildman–Crippen LogP) is 0.814. The lowest BCUT2D eigenvalue weighted by atomic mass is 10.1. The number of nitrogens with zero attached hydrogens (tertiary/aromatic N) is 3. The van der Waals surface area contributed by atoms with Crippen LogP contribution in [0, 0.1) is 5.92 Å². The van der Waals surface area contributed by atoms with Gasteiger partial charge in [0.1, 0.15) is 12.9 Å². The minimum atomic E-state index is 0.580. The van der Waals surface area contributed by atoms with Crippen molar-refractivity contribution in [3.63, 3.8) is 0 Å². The number of aryl methyl sites for hydroxylation is 1. The SMILES string of the molecule is CCCn1ncnc1COCC1CCNC1. The van der Waals surface area contributed by atoms with Crippen molar-refractivity contribution in [2.24, 2.45) is 5.92 Å². The maximum Gasteiger partial charge on any atom is 0.152 e. The van der Waals surface area contributed by atoms with Gasteiger partial charge in [-0.25, -0.2) is 9.67 Å². The first-order valence-corrected chi connectivity index (χ1v) is 6.05. The topological polar surface area (TPSA) is 52.0 Å². The van der Waals surface area contributed by atoms with Crippen LogP contribution in [-0.4, -0.2) is 34.5 Å². The summed E-state index contributed by atoms with van der Waals surface area (Å²) in [6, 6.07) is 0. The molecule has 2 rings (SSSR count). The highest BCUT2D eigenvalue weighted by Gasteiger charge is 2.14. The summed E-state index contributed by atoms with van der Waals surface area (Å²) in [6.45, 7) is 6.67. The highest BCUT2D eigenvalue weighted by Crippen LogP contribution is 2.08. The van der Waals surface area contributed by atoms with Gasteiger partial charge in [-0.3, -0.25) is 0 Å². The minimum Gasteiger partial charge on any atom is -0.373 e. The summed E-state index contributed by atoms with van der Waals surface area (Å²) in [4.78, 5) is 4.21. The van der Waals surface area contributed by atoms with E-state index in [1.54, 1.807) is 6.33 Å². The fourth-order valence-corrected chi connectivity index (χ4v) is 1.97. The highest BCUT2D eigenvalue weighted by atomic mass is 16.5. The molecule has 1 aliphatic rings. The molecule has 16 heavy (non-hydrogen) atoms. The second-order valence-corrected chi connectivity index (χ2v) is 4.27. The molecular formula is C11H20N4O. The van der Waals surface area contributed by atoms with Crippen LogP contribution in [0.15, 0.2) is 6.33 Å². The van der Waals surface area contributed by atoms with E-state index < -0.39 is 0 Å². The molecule has 1 aliphatic heterocycles. The van der Waals surface area contributed by atoms with Crippen molar-refractivity contribution in [1.29, 1.82) is 0 Å². The number of rotatable bonds is 6. The second-order valence-electron chi connectivity index (χ2n) is 4.27. The Morgan fingerprint density at radius 3 is 3.31 bits per heavy atom. The predicted molar refractivity (Wildman–Crippen MR) is 60.9 cm³/mol. The van der Waals surface area contributed by atoms with E-state index in [1.165, 1.54) is 6.42 Å². The van der Waals surface area contributed by atoms with Gasteiger partial charge in [-0.15, -0.1) is 0 Å². The van der Waals surface area contributed by atoms with Gasteiger partial charge in [0.05, 0.1) is 6.61 Å². The Bertz CT molecular complexity index is 307. The quantitative estimate of drug-likeness (QED) is 0.777. The van der Waals surface area contributed by atoms with Crippen LogP contribution in [0.2, 0.25) is 0 Å². The van der Waals surface area contributed by atoms with Crippen molar-refractivity contribution in [3.05, 3.63) is 12.2 Å². The van der Waals surface area contributed by atoms with E-state index in [2.05, 4.69) is 22.3 Å². The third-order valence-electron chi connectivity index (χ3n) is 2.88. The van der Waals surface area contributed by atoms with Crippen molar-refractivity contribution in [2.45, 2.75) is 32.9 Å². The molecule has 0 saturated carbocycles. The first kappa shape index (κ1) is 11.5. The average Bonchev–Trinajstić information content (AvgIpc) is 2.91. The van der Waals surface area contributed by atoms with Crippen molar-refractivity contribution in [1.82, 2.24) is 20.1 Å². The zero-order valence-corrected chi connectivity index (χ0v) is 9.85. The summed E-state index contributed by atoms with van der Waals surface area (Å²) in [7, 11) is 0. The van der Waals surface area contributed by atoms with E-state index in [9.17, 15) is 0 Å². The molecule has 1 unspecified atom stereocenters. The van der Waals surface area contributed by atoms with Crippen molar-refractivity contribution in [2.75, 3.05) is 19.7 Å². The third-order valence-corrected chi connectivity index (χ3v) is 2.88. The summed E-state index contributed by atoms with van der Waals surface area (Å²) in [5.41, 5.74) is 0. The fourth-order valence-electron chi connectivity index (χ4n) is 1.97. The maximum absolute atomic E-state index is 5.69. The molecule has 5 heteroatoms. The van der Waals surface area contributed by atoms with Crippen LogP contribution < -0.4 is 5.32 Å². The zero-order valence-electron chi connectivity index (χ0n) is 9.85. The normalized spacial score (nSPS) is 20.4. The fraction of sp³-hybridized carbons (Fsp3) is 0.818. The molecule has 1 saturated heterocycles. The molecule has 0 bridgehead atoms. The van der Waals surface area contributed by atoms with E-state index in [4.69, 9.17) is 4.74 Å². The van der Waals surface area contributed by atoms with Crippen molar-refractivity contribution in [3.8, 4) is 0 Å². The number of hydrogen-bond acceptors (Lipinski definition) is 4. The Morgan fingerprint density at radius 2 is 2.56 bits per heavy atom. The number of ether oxygens (including phenoxy) is 1. The third kappa shape index (κ3) is 3.02. The monoisotopic (exact) mass is 224 g/mol. The summed E-state index contributed by atoms with van der Waals surface area (Å²) in [5.74, 6) is 1.61. The van der Waals surface area contributed by atoms with Crippen LogP contribution in [0.3, 0.4) is 0 Å². The molecule has 0 aromatic carbocycles. The Kier molecular flexibility index (Phi) is 4.30. The lowest BCUT2D eigenvalue weighted by molar-refractivity contribution is 0.0851. The Hall–Kier alpha value is -0.940. The lowest BCUT2D eigenvalue weighted by Gasteiger charge is -2.09. The molecule has 0 spiro atoms. The van der Waals surface area contributed by atoms with Gasteiger partial charge in [0.15, 0.2) is 5.82 Å². The Balaban J connectivity index is 1.73. The molecule has 2 heterocycles. The molecular weight excluding hydrogens is 204 g/mol. The Labute approximate surface area is 96.2 Å². The first-order valence-electron chi connectivity index (χ1n) is 6.05. The van der Waals surface area contributed by atoms with Crippen LogP contribution in [0.1, 0.15) is 25.6 Å². The van der Waals surface area contributed by atoms with Crippen LogP contribution in [0.4, 0.5) is 0 Å². The van der Waals surface area contributed by atoms with Gasteiger partial charge >= 0.3 is 0 Å². The summed E-state index contributed by atoms with van der Waals surface area (Å²) < 4.78 is 7.61. The van der Waals surface area contributed by atoms with Crippen LogP contribution in [0.25, 0.3) is 0 Å². The summed E-state index contributed by atoms with van der Waals surface area (Å²) >= 11 is 0. The zero-order chi connectivity index (χ0) is 11.2. The highest BCUT2D eigenvalue weighted by molar-refractivity contribution is 4.81. The Morgan fingerprint density at radius 1 is 1.62 bits per heavy atom. The molecule has 0 amide bonds. The number of hydrogen-bond donors (Lipinski definition) is 1. The lowest BCUT2D eigenvalue weighted by Crippen LogP contribution is -2.15. The van der Waals surface area contributed by atoms with Crippen LogP contribution >= 0.6 is 0 Å². The van der Waals surface area contributed by atoms with Crippen molar-refractivity contribution < 1.29 is 4.74 Å². The molecule has 1 atom stereocenters. The van der Waals surface area contributed by atoms with Crippen molar-refractivity contribution >= 4 is 0 Å². The van der Waals surface area contributed by atoms with E-state index >= 15 is 0 Å². The maximum atomic E-state index is 5.69. The van der Waals surface area contributed by atoms with Gasteiger partial charge < -0.3 is 10.1 Å². The average molecular weight is 224 g/mol. The van der Waals surface area contributed by atoms with Crippen LogP contribution in [-0.2, 0) is 17.9 Å². The molecule has 90 valence electrons. The van der Waals surface area contributed by atoms with Gasteiger partial charge in [-0.05, 0) is 25.3 Å². The first-order chi connectivity index (χ1) is 7.90. The van der Waals surface area contributed by atoms with E-state index in [0.717, 1.165) is 38.5 Å². The molecule has 1 aromatic rings. The molecule has 0 radical (unpaired) electrons.